The summed E-state index contributed by atoms with van der Waals surface area (Å²) in [6, 6.07) is 7.49. The van der Waals surface area contributed by atoms with E-state index in [1.54, 1.807) is 19.1 Å². The molecule has 2 rings (SSSR count). The third-order valence-corrected chi connectivity index (χ3v) is 3.73. The highest BCUT2D eigenvalue weighted by Crippen LogP contribution is 2.28. The molecular weight excluding hydrogens is 248 g/mol. The number of nitrogens with zero attached hydrogens (tertiary/aromatic N) is 2. The third-order valence-electron chi connectivity index (χ3n) is 3.49. The van der Waals surface area contributed by atoms with Crippen LogP contribution in [0.15, 0.2) is 18.2 Å². The molecule has 0 N–H and O–H groups in total. The van der Waals surface area contributed by atoms with E-state index in [0.717, 1.165) is 31.6 Å². The lowest BCUT2D eigenvalue weighted by molar-refractivity contribution is -0.121. The van der Waals surface area contributed by atoms with Gasteiger partial charge in [-0.3, -0.25) is 4.79 Å². The summed E-state index contributed by atoms with van der Waals surface area (Å²) in [5, 5.41) is 9.74. The molecule has 0 aliphatic carbocycles. The molecule has 1 aliphatic rings. The molecule has 3 nitrogen and oxygen atoms in total. The number of Topliss-reactive ketones (excluding diaryl/α,β-unsaturated/α-hetero) is 1. The summed E-state index contributed by atoms with van der Waals surface area (Å²) in [6.45, 7) is 3.26. The van der Waals surface area contributed by atoms with Crippen molar-refractivity contribution in [1.29, 1.82) is 5.26 Å². The standard InChI is InChI=1S/C14H15ClN2O/c1-10(18)11-4-6-17(7-5-11)14-8-13(15)3-2-12(14)9-16/h2-3,8,11H,4-7H2,1H3. The maximum absolute atomic E-state index is 11.3. The molecule has 0 spiro atoms. The van der Waals surface area contributed by atoms with Crippen LogP contribution in [0.2, 0.25) is 5.02 Å². The van der Waals surface area contributed by atoms with E-state index in [9.17, 15) is 4.79 Å². The SMILES string of the molecule is CC(=O)C1CCN(c2cc(Cl)ccc2C#N)CC1. The zero-order valence-electron chi connectivity index (χ0n) is 10.3. The lowest BCUT2D eigenvalue weighted by atomic mass is 9.93. The minimum absolute atomic E-state index is 0.172. The summed E-state index contributed by atoms with van der Waals surface area (Å²) in [5.74, 6) is 0.437. The molecule has 0 aromatic heterocycles. The fraction of sp³-hybridized carbons (Fsp3) is 0.429. The number of nitriles is 1. The zero-order valence-corrected chi connectivity index (χ0v) is 11.1. The average molecular weight is 263 g/mol. The van der Waals surface area contributed by atoms with E-state index in [4.69, 9.17) is 16.9 Å². The molecule has 1 heterocycles. The van der Waals surface area contributed by atoms with Crippen molar-refractivity contribution in [3.8, 4) is 6.07 Å². The van der Waals surface area contributed by atoms with Crippen LogP contribution in [0.25, 0.3) is 0 Å². The first-order chi connectivity index (χ1) is 8.61. The van der Waals surface area contributed by atoms with Crippen LogP contribution in [0, 0.1) is 17.2 Å². The number of rotatable bonds is 2. The number of piperidine rings is 1. The van der Waals surface area contributed by atoms with Gasteiger partial charge in [0.15, 0.2) is 0 Å². The number of carbonyl (C=O) groups excluding carboxylic acids is 1. The van der Waals surface area contributed by atoms with Crippen molar-refractivity contribution in [3.63, 3.8) is 0 Å². The predicted molar refractivity (Wildman–Crippen MR) is 71.8 cm³/mol. The Balaban J connectivity index is 2.17. The highest BCUT2D eigenvalue weighted by atomic mass is 35.5. The van der Waals surface area contributed by atoms with Crippen LogP contribution in [-0.2, 0) is 4.79 Å². The first kappa shape index (κ1) is 12.9. The Kier molecular flexibility index (Phi) is 3.88. The van der Waals surface area contributed by atoms with Gasteiger partial charge in [0.05, 0.1) is 11.3 Å². The molecule has 0 unspecified atom stereocenters. The molecular formula is C14H15ClN2O. The topological polar surface area (TPSA) is 44.1 Å². The molecule has 0 saturated carbocycles. The van der Waals surface area contributed by atoms with Crippen LogP contribution in [0.5, 0.6) is 0 Å². The summed E-state index contributed by atoms with van der Waals surface area (Å²) in [4.78, 5) is 13.5. The molecule has 0 amide bonds. The van der Waals surface area contributed by atoms with Crippen molar-refractivity contribution in [2.75, 3.05) is 18.0 Å². The highest BCUT2D eigenvalue weighted by Gasteiger charge is 2.23. The summed E-state index contributed by atoms with van der Waals surface area (Å²) in [7, 11) is 0. The third kappa shape index (κ3) is 2.65. The van der Waals surface area contributed by atoms with E-state index in [-0.39, 0.29) is 11.7 Å². The molecule has 0 bridgehead atoms. The van der Waals surface area contributed by atoms with E-state index in [0.29, 0.717) is 10.6 Å². The van der Waals surface area contributed by atoms with Gasteiger partial charge in [-0.15, -0.1) is 0 Å². The Labute approximate surface area is 112 Å². The van der Waals surface area contributed by atoms with Gasteiger partial charge in [-0.05, 0) is 38.0 Å². The van der Waals surface area contributed by atoms with Gasteiger partial charge in [0.1, 0.15) is 11.9 Å². The Morgan fingerprint density at radius 3 is 2.67 bits per heavy atom. The van der Waals surface area contributed by atoms with E-state index >= 15 is 0 Å². The maximum atomic E-state index is 11.3. The number of halogens is 1. The minimum Gasteiger partial charge on any atom is -0.370 e. The number of hydrogen-bond donors (Lipinski definition) is 0. The summed E-state index contributed by atoms with van der Waals surface area (Å²) >= 11 is 5.98. The minimum atomic E-state index is 0.172. The number of benzene rings is 1. The Hall–Kier alpha value is -1.53. The smallest absolute Gasteiger partial charge is 0.133 e. The highest BCUT2D eigenvalue weighted by molar-refractivity contribution is 6.30. The van der Waals surface area contributed by atoms with Crippen molar-refractivity contribution in [2.24, 2.45) is 5.92 Å². The van der Waals surface area contributed by atoms with Gasteiger partial charge in [-0.1, -0.05) is 11.6 Å². The molecule has 94 valence electrons. The lowest BCUT2D eigenvalue weighted by Crippen LogP contribution is -2.36. The van der Waals surface area contributed by atoms with E-state index in [2.05, 4.69) is 11.0 Å². The largest absolute Gasteiger partial charge is 0.370 e. The summed E-state index contributed by atoms with van der Waals surface area (Å²) in [6.07, 6.45) is 1.71. The Morgan fingerprint density at radius 2 is 2.11 bits per heavy atom. The second kappa shape index (κ2) is 5.41. The zero-order chi connectivity index (χ0) is 13.1. The van der Waals surface area contributed by atoms with Gasteiger partial charge >= 0.3 is 0 Å². The molecule has 0 atom stereocenters. The molecule has 18 heavy (non-hydrogen) atoms. The fourth-order valence-corrected chi connectivity index (χ4v) is 2.55. The van der Waals surface area contributed by atoms with Crippen LogP contribution in [0.1, 0.15) is 25.3 Å². The monoisotopic (exact) mass is 262 g/mol. The van der Waals surface area contributed by atoms with Crippen molar-refractivity contribution >= 4 is 23.1 Å². The molecule has 1 saturated heterocycles. The van der Waals surface area contributed by atoms with Crippen molar-refractivity contribution < 1.29 is 4.79 Å². The Bertz CT molecular complexity index is 499. The normalized spacial score (nSPS) is 16.4. The van der Waals surface area contributed by atoms with Crippen LogP contribution < -0.4 is 4.90 Å². The number of hydrogen-bond acceptors (Lipinski definition) is 3. The fourth-order valence-electron chi connectivity index (χ4n) is 2.39. The van der Waals surface area contributed by atoms with E-state index < -0.39 is 0 Å². The summed E-state index contributed by atoms with van der Waals surface area (Å²) in [5.41, 5.74) is 1.52. The average Bonchev–Trinajstić information content (AvgIpc) is 2.39. The van der Waals surface area contributed by atoms with Crippen LogP contribution in [0.3, 0.4) is 0 Å². The predicted octanol–water partition coefficient (Wildman–Crippen LogP) is 3.02. The second-order valence-corrected chi connectivity index (χ2v) is 5.08. The van der Waals surface area contributed by atoms with E-state index in [1.165, 1.54) is 0 Å². The van der Waals surface area contributed by atoms with Gasteiger partial charge in [0.2, 0.25) is 0 Å². The van der Waals surface area contributed by atoms with Gasteiger partial charge in [-0.25, -0.2) is 0 Å². The lowest BCUT2D eigenvalue weighted by Gasteiger charge is -2.33. The quantitative estimate of drug-likeness (QED) is 0.823. The van der Waals surface area contributed by atoms with Crippen LogP contribution in [-0.4, -0.2) is 18.9 Å². The van der Waals surface area contributed by atoms with Crippen molar-refractivity contribution in [1.82, 2.24) is 0 Å². The van der Waals surface area contributed by atoms with Gasteiger partial charge in [-0.2, -0.15) is 5.26 Å². The maximum Gasteiger partial charge on any atom is 0.133 e. The van der Waals surface area contributed by atoms with Gasteiger partial charge in [0, 0.05) is 24.0 Å². The van der Waals surface area contributed by atoms with E-state index in [1.807, 2.05) is 6.07 Å². The molecule has 1 aromatic rings. The number of ketones is 1. The molecule has 1 aromatic carbocycles. The first-order valence-electron chi connectivity index (χ1n) is 6.07. The van der Waals surface area contributed by atoms with Crippen molar-refractivity contribution in [2.45, 2.75) is 19.8 Å². The van der Waals surface area contributed by atoms with Gasteiger partial charge in [0.25, 0.3) is 0 Å². The van der Waals surface area contributed by atoms with Gasteiger partial charge < -0.3 is 4.90 Å². The molecule has 4 heteroatoms. The summed E-state index contributed by atoms with van der Waals surface area (Å²) < 4.78 is 0. The Morgan fingerprint density at radius 1 is 1.44 bits per heavy atom. The molecule has 1 fully saturated rings. The van der Waals surface area contributed by atoms with Crippen molar-refractivity contribution in [3.05, 3.63) is 28.8 Å². The van der Waals surface area contributed by atoms with Crippen LogP contribution in [0.4, 0.5) is 5.69 Å². The number of anilines is 1. The molecule has 0 radical (unpaired) electrons. The molecule has 1 aliphatic heterocycles. The first-order valence-corrected chi connectivity index (χ1v) is 6.44. The van der Waals surface area contributed by atoms with Crippen LogP contribution >= 0.6 is 11.6 Å². The number of carbonyl (C=O) groups is 1. The second-order valence-electron chi connectivity index (χ2n) is 4.65.